The van der Waals surface area contributed by atoms with E-state index in [2.05, 4.69) is 172 Å². The van der Waals surface area contributed by atoms with Gasteiger partial charge in [0.1, 0.15) is 16.7 Å². The van der Waals surface area contributed by atoms with Gasteiger partial charge in [-0.2, -0.15) is 0 Å². The zero-order valence-corrected chi connectivity index (χ0v) is 40.6. The van der Waals surface area contributed by atoms with Gasteiger partial charge in [0.2, 0.25) is 0 Å². The van der Waals surface area contributed by atoms with Crippen molar-refractivity contribution >= 4 is 68.2 Å². The first-order chi connectivity index (χ1) is 30.5. The van der Waals surface area contributed by atoms with Crippen molar-refractivity contribution < 1.29 is 28.9 Å². The minimum absolute atomic E-state index is 0. The molecule has 319 valence electrons. The van der Waals surface area contributed by atoms with Gasteiger partial charge in [-0.3, -0.25) is 4.98 Å². The van der Waals surface area contributed by atoms with Crippen LogP contribution in [0.2, 0.25) is 19.6 Å². The van der Waals surface area contributed by atoms with Crippen molar-refractivity contribution in [1.29, 1.82) is 0 Å². The first-order valence-corrected chi connectivity index (χ1v) is 25.4. The molecule has 0 amide bonds. The summed E-state index contributed by atoms with van der Waals surface area (Å²) < 4.78 is 15.5. The third-order valence-electron chi connectivity index (χ3n) is 12.1. The molecule has 0 unspecified atom stereocenters. The van der Waals surface area contributed by atoms with E-state index in [9.17, 15) is 0 Å². The molecule has 7 aromatic carbocycles. The summed E-state index contributed by atoms with van der Waals surface area (Å²) in [7, 11) is -1.23. The van der Waals surface area contributed by atoms with Crippen molar-refractivity contribution in [2.24, 2.45) is 0 Å². The molecule has 0 N–H and O–H groups in total. The Hall–Kier alpha value is -6.37. The molecular weight excluding hydrogens is 979 g/mol. The molecule has 0 saturated heterocycles. The van der Waals surface area contributed by atoms with Gasteiger partial charge in [0.05, 0.1) is 35.9 Å². The van der Waals surface area contributed by atoms with Gasteiger partial charge in [-0.1, -0.05) is 131 Å². The number of benzene rings is 7. The quantitative estimate of drug-likeness (QED) is 0.118. The molecule has 11 rings (SSSR count). The van der Waals surface area contributed by atoms with Crippen LogP contribution in [0.5, 0.6) is 0 Å². The van der Waals surface area contributed by atoms with E-state index >= 15 is 0 Å². The zero-order valence-electron chi connectivity index (χ0n) is 37.2. The van der Waals surface area contributed by atoms with Gasteiger partial charge >= 0.3 is 0 Å². The first kappa shape index (κ1) is 42.9. The Morgan fingerprint density at radius 1 is 0.594 bits per heavy atom. The minimum Gasteiger partial charge on any atom is -0.500 e. The van der Waals surface area contributed by atoms with E-state index in [4.69, 9.17) is 13.8 Å². The van der Waals surface area contributed by atoms with Gasteiger partial charge in [0.25, 0.3) is 0 Å². The fraction of sp³-hybridized carbons (Fsp3) is 0.158. The summed E-state index contributed by atoms with van der Waals surface area (Å²) in [6.45, 7) is 16.1. The second-order valence-corrected chi connectivity index (χ2v) is 23.1. The molecule has 7 heteroatoms. The molecule has 1 radical (unpaired) electrons. The number of nitrogens with zero attached hydrogens (tertiary/aromatic N) is 3. The number of hydrogen-bond acceptors (Lipinski definition) is 4. The zero-order chi connectivity index (χ0) is 43.4. The van der Waals surface area contributed by atoms with Crippen LogP contribution in [0.4, 0.5) is 0 Å². The van der Waals surface area contributed by atoms with E-state index in [1.54, 1.807) is 0 Å². The molecule has 5 nitrogen and oxygen atoms in total. The van der Waals surface area contributed by atoms with Crippen LogP contribution < -0.4 is 5.19 Å². The average molecular weight is 1030 g/mol. The number of hydrogen-bond donors (Lipinski definition) is 0. The molecule has 4 aromatic heterocycles. The van der Waals surface area contributed by atoms with E-state index in [1.165, 1.54) is 33.1 Å². The van der Waals surface area contributed by atoms with Gasteiger partial charge in [-0.05, 0) is 87.4 Å². The molecule has 0 spiro atoms. The van der Waals surface area contributed by atoms with Gasteiger partial charge in [-0.25, -0.2) is 0 Å². The molecule has 0 aliphatic carbocycles. The molecule has 0 saturated carbocycles. The van der Waals surface area contributed by atoms with E-state index in [0.717, 1.165) is 77.6 Å². The van der Waals surface area contributed by atoms with Crippen molar-refractivity contribution in [2.45, 2.75) is 59.2 Å². The Balaban J connectivity index is 0.000000258. The fourth-order valence-electron chi connectivity index (χ4n) is 8.76. The molecule has 0 aliphatic heterocycles. The summed E-state index contributed by atoms with van der Waals surface area (Å²) in [5, 5.41) is 5.52. The third kappa shape index (κ3) is 7.72. The Kier molecular flexibility index (Phi) is 11.6. The normalized spacial score (nSPS) is 11.8. The second-order valence-electron chi connectivity index (χ2n) is 18.0. The summed E-state index contributed by atoms with van der Waals surface area (Å²) in [4.78, 5) is 9.84. The minimum atomic E-state index is -1.23. The summed E-state index contributed by atoms with van der Waals surface area (Å²) in [5.41, 5.74) is 14.4. The molecule has 0 bridgehead atoms. The number of furan rings is 2. The molecular formula is C57H49IrN3O2Si-2. The van der Waals surface area contributed by atoms with Crippen LogP contribution in [-0.2, 0) is 20.1 Å². The summed E-state index contributed by atoms with van der Waals surface area (Å²) in [6.07, 6.45) is 2.02. The molecule has 0 atom stereocenters. The number of para-hydroxylation sites is 3. The molecule has 0 aliphatic rings. The smallest absolute Gasteiger partial charge is 0.139 e. The molecule has 4 heterocycles. The Morgan fingerprint density at radius 3 is 2.00 bits per heavy atom. The summed E-state index contributed by atoms with van der Waals surface area (Å²) >= 11 is 0. The second kappa shape index (κ2) is 17.3. The maximum Gasteiger partial charge on any atom is 0.139 e. The standard InChI is InChI=1S/C43H33N2O2.C14H16NSi.Ir/c1-25(2)33-23-28(27-13-6-5-7-14-27)24-34(26(3)4)40(33)45-36-19-10-9-18-35(36)44-43(45)32-17-12-16-29-30-21-22-38-39(42(30)47-41(29)32)31-15-8-11-20-37(31)46-38;1-16(2,3)13-9-10-14(15-11-13)12-7-5-4-6-8-12;/h5-16,18-26H,1-4H3;4-7,9-11H,1-3H3;/q2*-1;. The first-order valence-electron chi connectivity index (χ1n) is 21.9. The van der Waals surface area contributed by atoms with Crippen molar-refractivity contribution in [3.63, 3.8) is 0 Å². The van der Waals surface area contributed by atoms with Crippen LogP contribution in [0.25, 0.3) is 94.4 Å². The largest absolute Gasteiger partial charge is 0.500 e. The molecule has 11 aromatic rings. The van der Waals surface area contributed by atoms with E-state index < -0.39 is 8.07 Å². The number of fused-ring (bicyclic) bond motifs is 8. The Bertz CT molecular complexity index is 3400. The third-order valence-corrected chi connectivity index (χ3v) is 14.1. The van der Waals surface area contributed by atoms with Crippen molar-refractivity contribution in [2.75, 3.05) is 0 Å². The topological polar surface area (TPSA) is 57.0 Å². The summed E-state index contributed by atoms with van der Waals surface area (Å²) in [5.74, 6) is 1.36. The molecule has 0 fully saturated rings. The van der Waals surface area contributed by atoms with E-state index in [-0.39, 0.29) is 31.9 Å². The van der Waals surface area contributed by atoms with Crippen molar-refractivity contribution in [3.05, 3.63) is 181 Å². The summed E-state index contributed by atoms with van der Waals surface area (Å²) in [6, 6.07) is 59.2. The fourth-order valence-corrected chi connectivity index (χ4v) is 9.79. The average Bonchev–Trinajstić information content (AvgIpc) is 4.00. The van der Waals surface area contributed by atoms with Crippen LogP contribution in [0.3, 0.4) is 0 Å². The number of imidazole rings is 1. The maximum atomic E-state index is 6.89. The Morgan fingerprint density at radius 2 is 1.30 bits per heavy atom. The predicted octanol–water partition coefficient (Wildman–Crippen LogP) is 15.3. The van der Waals surface area contributed by atoms with Gasteiger partial charge < -0.3 is 18.4 Å². The molecule has 64 heavy (non-hydrogen) atoms. The maximum absolute atomic E-state index is 6.89. The van der Waals surface area contributed by atoms with Crippen LogP contribution in [0.1, 0.15) is 50.7 Å². The van der Waals surface area contributed by atoms with Gasteiger partial charge in [0, 0.05) is 42.8 Å². The van der Waals surface area contributed by atoms with E-state index in [0.29, 0.717) is 0 Å². The Labute approximate surface area is 389 Å². The van der Waals surface area contributed by atoms with Gasteiger partial charge in [-0.15, -0.1) is 54.1 Å². The number of pyridine rings is 1. The monoisotopic (exact) mass is 1030 g/mol. The van der Waals surface area contributed by atoms with Gasteiger partial charge in [0.15, 0.2) is 0 Å². The van der Waals surface area contributed by atoms with Crippen molar-refractivity contribution in [3.8, 4) is 39.5 Å². The predicted molar refractivity (Wildman–Crippen MR) is 265 cm³/mol. The number of aromatic nitrogens is 3. The number of rotatable bonds is 7. The SMILES string of the molecule is CC(C)c1cc(-c2ccccc2)cc(C(C)C)c1-n1c(-c2[c-]ccc3c2oc2c3ccc3oc4ccccc4c32)nc2ccccc21.C[Si](C)(C)c1ccc(-c2[c-]cccc2)nc1.[Ir]. The van der Waals surface area contributed by atoms with Crippen LogP contribution in [0, 0.1) is 12.1 Å². The van der Waals surface area contributed by atoms with Crippen LogP contribution in [0.15, 0.2) is 167 Å². The van der Waals surface area contributed by atoms with Crippen molar-refractivity contribution in [1.82, 2.24) is 14.5 Å². The van der Waals surface area contributed by atoms with Crippen LogP contribution >= 0.6 is 0 Å². The van der Waals surface area contributed by atoms with Crippen LogP contribution in [-0.4, -0.2) is 22.6 Å². The van der Waals surface area contributed by atoms with E-state index in [1.807, 2.05) is 54.7 Å².